The molecule has 1 aromatic carbocycles. The molecule has 3 rings (SSSR count). The van der Waals surface area contributed by atoms with Crippen molar-refractivity contribution in [1.29, 1.82) is 0 Å². The Kier molecular flexibility index (Phi) is 5.80. The van der Waals surface area contributed by atoms with Crippen LogP contribution in [0.3, 0.4) is 0 Å². The van der Waals surface area contributed by atoms with E-state index in [2.05, 4.69) is 9.71 Å². The first-order chi connectivity index (χ1) is 12.8. The maximum Gasteiger partial charge on any atom is 0.240 e. The van der Waals surface area contributed by atoms with E-state index in [1.165, 1.54) is 18.2 Å². The summed E-state index contributed by atoms with van der Waals surface area (Å²) in [6, 6.07) is 8.33. The zero-order valence-electron chi connectivity index (χ0n) is 14.5. The predicted octanol–water partition coefficient (Wildman–Crippen LogP) is 1.53. The molecule has 0 saturated heterocycles. The highest BCUT2D eigenvalue weighted by atomic mass is 32.2. The van der Waals surface area contributed by atoms with Crippen LogP contribution in [0.5, 0.6) is 5.88 Å². The minimum absolute atomic E-state index is 0.0299. The number of aromatic nitrogens is 1. The number of rotatable bonds is 7. The maximum atomic E-state index is 12.5. The molecule has 0 bridgehead atoms. The Hall–Kier alpha value is -2.01. The second-order valence-electron chi connectivity index (χ2n) is 6.34. The lowest BCUT2D eigenvalue weighted by Crippen LogP contribution is -2.24. The van der Waals surface area contributed by atoms with E-state index in [4.69, 9.17) is 9.88 Å². The Bertz CT molecular complexity index is 1020. The van der Waals surface area contributed by atoms with Gasteiger partial charge in [0.2, 0.25) is 25.9 Å². The van der Waals surface area contributed by atoms with Gasteiger partial charge in [-0.25, -0.2) is 31.7 Å². The Morgan fingerprint density at radius 1 is 1.07 bits per heavy atom. The van der Waals surface area contributed by atoms with Crippen molar-refractivity contribution in [3.63, 3.8) is 0 Å². The van der Waals surface area contributed by atoms with E-state index in [1.54, 1.807) is 18.3 Å². The van der Waals surface area contributed by atoms with E-state index in [9.17, 15) is 16.8 Å². The van der Waals surface area contributed by atoms with E-state index in [0.717, 1.165) is 31.7 Å². The number of nitrogens with one attached hydrogen (secondary N) is 1. The van der Waals surface area contributed by atoms with Crippen LogP contribution < -0.4 is 14.6 Å². The lowest BCUT2D eigenvalue weighted by atomic mass is 10.2. The first-order valence-corrected chi connectivity index (χ1v) is 11.5. The number of hydrogen-bond acceptors (Lipinski definition) is 6. The number of ether oxygens (including phenoxy) is 1. The summed E-state index contributed by atoms with van der Waals surface area (Å²) in [4.78, 5) is 3.76. The molecule has 8 nitrogen and oxygen atoms in total. The van der Waals surface area contributed by atoms with E-state index in [1.807, 2.05) is 0 Å². The number of pyridine rings is 1. The van der Waals surface area contributed by atoms with E-state index in [-0.39, 0.29) is 22.4 Å². The summed E-state index contributed by atoms with van der Waals surface area (Å²) in [5.74, 6) is 0.408. The van der Waals surface area contributed by atoms with Crippen LogP contribution in [-0.4, -0.2) is 27.9 Å². The number of primary sulfonamides is 1. The highest BCUT2D eigenvalue weighted by molar-refractivity contribution is 7.90. The molecule has 0 spiro atoms. The summed E-state index contributed by atoms with van der Waals surface area (Å²) in [7, 11) is -7.93. The fourth-order valence-electron chi connectivity index (χ4n) is 2.90. The fraction of sp³-hybridized carbons (Fsp3) is 0.353. The molecule has 1 aromatic heterocycles. The number of nitrogens with zero attached hydrogens (tertiary/aromatic N) is 1. The molecule has 0 radical (unpaired) electrons. The van der Waals surface area contributed by atoms with E-state index < -0.39 is 20.0 Å². The molecule has 0 unspecified atom stereocenters. The first kappa shape index (κ1) is 19.7. The SMILES string of the molecule is NS(=O)(=O)c1cccc(S(=O)(=O)NCc2cccnc2OC2CCCC2)c1. The zero-order valence-corrected chi connectivity index (χ0v) is 16.2. The smallest absolute Gasteiger partial charge is 0.240 e. The van der Waals surface area contributed by atoms with Crippen LogP contribution >= 0.6 is 0 Å². The second kappa shape index (κ2) is 7.93. The molecule has 3 N–H and O–H groups in total. The average molecular weight is 412 g/mol. The van der Waals surface area contributed by atoms with Crippen molar-refractivity contribution in [1.82, 2.24) is 9.71 Å². The Morgan fingerprint density at radius 3 is 2.48 bits per heavy atom. The van der Waals surface area contributed by atoms with Crippen molar-refractivity contribution in [3.8, 4) is 5.88 Å². The number of hydrogen-bond donors (Lipinski definition) is 2. The van der Waals surface area contributed by atoms with Gasteiger partial charge in [0.25, 0.3) is 0 Å². The molecule has 1 aliphatic carbocycles. The predicted molar refractivity (Wildman–Crippen MR) is 99.0 cm³/mol. The average Bonchev–Trinajstić information content (AvgIpc) is 3.13. The van der Waals surface area contributed by atoms with Crippen molar-refractivity contribution in [2.75, 3.05) is 0 Å². The highest BCUT2D eigenvalue weighted by Gasteiger charge is 2.21. The van der Waals surface area contributed by atoms with Crippen molar-refractivity contribution in [2.24, 2.45) is 5.14 Å². The van der Waals surface area contributed by atoms with Gasteiger partial charge in [0.15, 0.2) is 0 Å². The molecule has 1 heterocycles. The van der Waals surface area contributed by atoms with E-state index >= 15 is 0 Å². The summed E-state index contributed by atoms with van der Waals surface area (Å²) in [5, 5.41) is 5.06. The summed E-state index contributed by atoms with van der Waals surface area (Å²) in [6.45, 7) is -0.0299. The van der Waals surface area contributed by atoms with Crippen molar-refractivity contribution < 1.29 is 21.6 Å². The third-order valence-electron chi connectivity index (χ3n) is 4.33. The Morgan fingerprint density at radius 2 is 1.78 bits per heavy atom. The van der Waals surface area contributed by atoms with Gasteiger partial charge in [-0.3, -0.25) is 0 Å². The summed E-state index contributed by atoms with van der Waals surface area (Å²) in [5.41, 5.74) is 0.607. The third kappa shape index (κ3) is 5.04. The van der Waals surface area contributed by atoms with Crippen LogP contribution in [0.4, 0.5) is 0 Å². The van der Waals surface area contributed by atoms with Crippen molar-refractivity contribution in [2.45, 2.75) is 48.1 Å². The third-order valence-corrected chi connectivity index (χ3v) is 6.64. The van der Waals surface area contributed by atoms with Gasteiger partial charge in [0, 0.05) is 18.3 Å². The second-order valence-corrected chi connectivity index (χ2v) is 9.66. The van der Waals surface area contributed by atoms with Crippen molar-refractivity contribution in [3.05, 3.63) is 48.2 Å². The molecule has 10 heteroatoms. The molecule has 2 aromatic rings. The minimum Gasteiger partial charge on any atom is -0.474 e. The van der Waals surface area contributed by atoms with Gasteiger partial charge >= 0.3 is 0 Å². The van der Waals surface area contributed by atoms with Gasteiger partial charge in [-0.15, -0.1) is 0 Å². The van der Waals surface area contributed by atoms with Gasteiger partial charge < -0.3 is 4.74 Å². The zero-order chi connectivity index (χ0) is 19.5. The lowest BCUT2D eigenvalue weighted by molar-refractivity contribution is 0.199. The molecule has 0 atom stereocenters. The van der Waals surface area contributed by atoms with Gasteiger partial charge in [-0.05, 0) is 49.9 Å². The molecule has 0 aliphatic heterocycles. The Labute approximate surface area is 158 Å². The molecule has 27 heavy (non-hydrogen) atoms. The number of sulfonamides is 2. The summed E-state index contributed by atoms with van der Waals surface area (Å²) >= 11 is 0. The normalized spacial score (nSPS) is 15.7. The van der Waals surface area contributed by atoms with Gasteiger partial charge in [0.05, 0.1) is 9.79 Å². The molecular weight excluding hydrogens is 390 g/mol. The molecular formula is C17H21N3O5S2. The Balaban J connectivity index is 1.76. The van der Waals surface area contributed by atoms with E-state index in [0.29, 0.717) is 11.4 Å². The quantitative estimate of drug-likeness (QED) is 0.711. The summed E-state index contributed by atoms with van der Waals surface area (Å²) < 4.78 is 56.3. The monoisotopic (exact) mass is 411 g/mol. The first-order valence-electron chi connectivity index (χ1n) is 8.49. The molecule has 1 fully saturated rings. The number of benzene rings is 1. The van der Waals surface area contributed by atoms with Crippen LogP contribution in [0.2, 0.25) is 0 Å². The lowest BCUT2D eigenvalue weighted by Gasteiger charge is -2.15. The molecule has 1 saturated carbocycles. The van der Waals surface area contributed by atoms with Crippen molar-refractivity contribution >= 4 is 20.0 Å². The van der Waals surface area contributed by atoms with Gasteiger partial charge in [-0.2, -0.15) is 0 Å². The van der Waals surface area contributed by atoms with Crippen LogP contribution in [0, 0.1) is 0 Å². The maximum absolute atomic E-state index is 12.5. The highest BCUT2D eigenvalue weighted by Crippen LogP contribution is 2.25. The molecule has 1 aliphatic rings. The van der Waals surface area contributed by atoms with Gasteiger partial charge in [-0.1, -0.05) is 12.1 Å². The summed E-state index contributed by atoms with van der Waals surface area (Å²) in [6.07, 6.45) is 5.84. The standard InChI is InChI=1S/C17H21N3O5S2/c18-26(21,22)15-8-3-9-16(11-15)27(23,24)20-12-13-5-4-10-19-17(13)25-14-6-1-2-7-14/h3-5,8-11,14,20H,1-2,6-7,12H2,(H2,18,21,22). The minimum atomic E-state index is -4.00. The fourth-order valence-corrected chi connectivity index (χ4v) is 4.59. The van der Waals surface area contributed by atoms with Crippen LogP contribution in [0.25, 0.3) is 0 Å². The van der Waals surface area contributed by atoms with Crippen LogP contribution in [0.15, 0.2) is 52.4 Å². The van der Waals surface area contributed by atoms with Gasteiger partial charge in [0.1, 0.15) is 6.10 Å². The topological polar surface area (TPSA) is 128 Å². The number of nitrogens with two attached hydrogens (primary N) is 1. The molecule has 0 amide bonds. The largest absolute Gasteiger partial charge is 0.474 e. The van der Waals surface area contributed by atoms with Crippen LogP contribution in [0.1, 0.15) is 31.2 Å². The van der Waals surface area contributed by atoms with Crippen LogP contribution in [-0.2, 0) is 26.6 Å². The molecule has 146 valence electrons.